The number of ketones is 1. The highest BCUT2D eigenvalue weighted by Gasteiger charge is 2.42. The summed E-state index contributed by atoms with van der Waals surface area (Å²) < 4.78 is 6.20. The minimum Gasteiger partial charge on any atom is -0.508 e. The summed E-state index contributed by atoms with van der Waals surface area (Å²) in [6, 6.07) is 12.1. The van der Waals surface area contributed by atoms with E-state index in [9.17, 15) is 15.0 Å². The molecule has 2 N–H and O–H groups in total. The second-order valence-electron chi connectivity index (χ2n) is 6.39. The largest absolute Gasteiger partial charge is 0.508 e. The van der Waals surface area contributed by atoms with E-state index in [-0.39, 0.29) is 35.0 Å². The summed E-state index contributed by atoms with van der Waals surface area (Å²) >= 11 is 0. The highest BCUT2D eigenvalue weighted by atomic mass is 16.5. The van der Waals surface area contributed by atoms with Crippen molar-refractivity contribution in [3.8, 4) is 17.2 Å². The molecule has 24 heavy (non-hydrogen) atoms. The first kappa shape index (κ1) is 16.1. The normalized spacial score (nSPS) is 19.3. The Hall–Kier alpha value is -2.75. The monoisotopic (exact) mass is 324 g/mol. The van der Waals surface area contributed by atoms with Gasteiger partial charge in [0.2, 0.25) is 0 Å². The van der Waals surface area contributed by atoms with Crippen molar-refractivity contribution in [1.29, 1.82) is 0 Å². The number of carbonyl (C=O) groups is 1. The molecule has 0 spiro atoms. The van der Waals surface area contributed by atoms with Crippen LogP contribution in [0.1, 0.15) is 42.6 Å². The fourth-order valence-corrected chi connectivity index (χ4v) is 3.05. The van der Waals surface area contributed by atoms with Gasteiger partial charge in [-0.25, -0.2) is 0 Å². The van der Waals surface area contributed by atoms with E-state index < -0.39 is 5.60 Å². The maximum Gasteiger partial charge on any atom is 0.174 e. The van der Waals surface area contributed by atoms with Crippen molar-refractivity contribution in [3.05, 3.63) is 65.2 Å². The summed E-state index contributed by atoms with van der Waals surface area (Å²) in [5.74, 6) is -0.362. The van der Waals surface area contributed by atoms with Gasteiger partial charge in [0, 0.05) is 18.6 Å². The number of fused-ring (bicyclic) bond motifs is 1. The average Bonchev–Trinajstić information content (AvgIpc) is 2.52. The Bertz CT molecular complexity index is 804. The number of benzene rings is 2. The smallest absolute Gasteiger partial charge is 0.174 e. The zero-order chi connectivity index (χ0) is 17.3. The topological polar surface area (TPSA) is 66.8 Å². The first-order valence-electron chi connectivity index (χ1n) is 7.88. The van der Waals surface area contributed by atoms with Crippen LogP contribution in [0.15, 0.2) is 54.1 Å². The van der Waals surface area contributed by atoms with Crippen LogP contribution in [0.4, 0.5) is 0 Å². The molecule has 0 aromatic heterocycles. The Morgan fingerprint density at radius 3 is 2.58 bits per heavy atom. The summed E-state index contributed by atoms with van der Waals surface area (Å²) in [6.07, 6.45) is 2.70. The third kappa shape index (κ3) is 2.87. The van der Waals surface area contributed by atoms with E-state index in [2.05, 4.69) is 0 Å². The highest BCUT2D eigenvalue weighted by molar-refractivity contribution is 6.03. The van der Waals surface area contributed by atoms with Crippen molar-refractivity contribution in [1.82, 2.24) is 0 Å². The van der Waals surface area contributed by atoms with Gasteiger partial charge in [0.1, 0.15) is 28.4 Å². The van der Waals surface area contributed by atoms with Crippen LogP contribution in [0, 0.1) is 0 Å². The molecule has 3 rings (SSSR count). The predicted molar refractivity (Wildman–Crippen MR) is 91.5 cm³/mol. The molecule has 4 heteroatoms. The van der Waals surface area contributed by atoms with Gasteiger partial charge in [0.15, 0.2) is 5.78 Å². The van der Waals surface area contributed by atoms with Crippen LogP contribution in [-0.2, 0) is 5.60 Å². The summed E-state index contributed by atoms with van der Waals surface area (Å²) in [5.41, 5.74) is 1.31. The van der Waals surface area contributed by atoms with E-state index in [0.29, 0.717) is 6.42 Å². The molecule has 124 valence electrons. The zero-order valence-corrected chi connectivity index (χ0v) is 13.7. The molecule has 0 bridgehead atoms. The van der Waals surface area contributed by atoms with E-state index in [4.69, 9.17) is 4.74 Å². The van der Waals surface area contributed by atoms with Crippen LogP contribution < -0.4 is 4.74 Å². The second kappa shape index (κ2) is 6.04. The Kier molecular flexibility index (Phi) is 4.06. The van der Waals surface area contributed by atoms with Crippen LogP contribution in [0.3, 0.4) is 0 Å². The van der Waals surface area contributed by atoms with Crippen molar-refractivity contribution >= 4 is 5.78 Å². The zero-order valence-electron chi connectivity index (χ0n) is 13.7. The van der Waals surface area contributed by atoms with Crippen LogP contribution in [-0.4, -0.2) is 16.0 Å². The molecule has 4 nitrogen and oxygen atoms in total. The van der Waals surface area contributed by atoms with Gasteiger partial charge in [-0.3, -0.25) is 4.79 Å². The summed E-state index contributed by atoms with van der Waals surface area (Å²) in [7, 11) is 0. The van der Waals surface area contributed by atoms with Gasteiger partial charge < -0.3 is 14.9 Å². The number of hydrogen-bond donors (Lipinski definition) is 2. The molecule has 0 saturated carbocycles. The number of ether oxygens (including phenoxy) is 1. The fourth-order valence-electron chi connectivity index (χ4n) is 3.05. The number of carbonyl (C=O) groups excluding carboxylic acids is 1. The van der Waals surface area contributed by atoms with Crippen molar-refractivity contribution in [2.24, 2.45) is 0 Å². The van der Waals surface area contributed by atoms with Gasteiger partial charge in [-0.1, -0.05) is 42.0 Å². The minimum absolute atomic E-state index is 0.131. The number of hydrogen-bond acceptors (Lipinski definition) is 4. The van der Waals surface area contributed by atoms with Crippen LogP contribution in [0.2, 0.25) is 0 Å². The molecule has 1 heterocycles. The first-order valence-corrected chi connectivity index (χ1v) is 7.88. The molecule has 2 aromatic carbocycles. The lowest BCUT2D eigenvalue weighted by atomic mass is 9.81. The van der Waals surface area contributed by atoms with Crippen molar-refractivity contribution in [2.45, 2.75) is 32.3 Å². The first-order chi connectivity index (χ1) is 11.4. The van der Waals surface area contributed by atoms with Crippen LogP contribution in [0.25, 0.3) is 0 Å². The van der Waals surface area contributed by atoms with Crippen molar-refractivity contribution in [2.75, 3.05) is 0 Å². The molecule has 0 aliphatic carbocycles. The number of aromatic hydroxyl groups is 2. The Morgan fingerprint density at radius 2 is 1.92 bits per heavy atom. The molecule has 2 aromatic rings. The molecule has 0 unspecified atom stereocenters. The molecule has 0 amide bonds. The maximum absolute atomic E-state index is 12.7. The van der Waals surface area contributed by atoms with Gasteiger partial charge in [-0.15, -0.1) is 0 Å². The van der Waals surface area contributed by atoms with E-state index in [0.717, 1.165) is 17.2 Å². The average molecular weight is 324 g/mol. The second-order valence-corrected chi connectivity index (χ2v) is 6.39. The maximum atomic E-state index is 12.7. The molecule has 0 fully saturated rings. The van der Waals surface area contributed by atoms with Crippen LogP contribution in [0.5, 0.6) is 17.2 Å². The number of phenolic OH excluding ortho intramolecular Hbond substituents is 2. The molecule has 1 aliphatic heterocycles. The lowest BCUT2D eigenvalue weighted by molar-refractivity contribution is 0.0390. The lowest BCUT2D eigenvalue weighted by Gasteiger charge is -2.38. The van der Waals surface area contributed by atoms with Crippen molar-refractivity contribution < 1.29 is 19.7 Å². The number of rotatable bonds is 3. The molecular formula is C20H20O4. The fraction of sp³-hybridized carbons (Fsp3) is 0.250. The van der Waals surface area contributed by atoms with Gasteiger partial charge >= 0.3 is 0 Å². The van der Waals surface area contributed by atoms with E-state index >= 15 is 0 Å². The standard InChI is InChI=1S/C20H20O4/c1-13(2)8-9-20(14-6-4-3-5-7-14)12-17(23)19-16(22)10-15(21)11-18(19)24-20/h3-8,10-11,21-22H,9,12H2,1-2H3/t20-/m0/s1. The molecule has 0 radical (unpaired) electrons. The number of phenols is 2. The van der Waals surface area contributed by atoms with Crippen molar-refractivity contribution in [3.63, 3.8) is 0 Å². The summed E-state index contributed by atoms with van der Waals surface area (Å²) in [4.78, 5) is 12.7. The third-order valence-electron chi connectivity index (χ3n) is 4.24. The van der Waals surface area contributed by atoms with Gasteiger partial charge in [0.25, 0.3) is 0 Å². The molecule has 1 atom stereocenters. The Balaban J connectivity index is 2.14. The van der Waals surface area contributed by atoms with Gasteiger partial charge in [-0.2, -0.15) is 0 Å². The van der Waals surface area contributed by atoms with Gasteiger partial charge in [0.05, 0.1) is 6.42 Å². The molecule has 1 aliphatic rings. The van der Waals surface area contributed by atoms with Crippen LogP contribution >= 0.6 is 0 Å². The van der Waals surface area contributed by atoms with E-state index in [1.54, 1.807) is 0 Å². The van der Waals surface area contributed by atoms with E-state index in [1.807, 2.05) is 50.3 Å². The number of Topliss-reactive ketones (excluding diaryl/α,β-unsaturated/α-hetero) is 1. The Morgan fingerprint density at radius 1 is 1.21 bits per heavy atom. The highest BCUT2D eigenvalue weighted by Crippen LogP contribution is 2.46. The van der Waals surface area contributed by atoms with E-state index in [1.165, 1.54) is 6.07 Å². The molecule has 0 saturated heterocycles. The minimum atomic E-state index is -0.844. The summed E-state index contributed by atoms with van der Waals surface area (Å²) in [5, 5.41) is 19.7. The third-order valence-corrected chi connectivity index (χ3v) is 4.24. The Labute approximate surface area is 141 Å². The quantitative estimate of drug-likeness (QED) is 0.825. The molecular weight excluding hydrogens is 304 g/mol. The number of allylic oxidation sites excluding steroid dienone is 1. The van der Waals surface area contributed by atoms with Gasteiger partial charge in [-0.05, 0) is 19.4 Å². The lowest BCUT2D eigenvalue weighted by Crippen LogP contribution is -2.39. The predicted octanol–water partition coefficient (Wildman–Crippen LogP) is 4.31. The SMILES string of the molecule is CC(C)=CC[C@@]1(c2ccccc2)CC(=O)c2c(O)cc(O)cc2O1. The summed E-state index contributed by atoms with van der Waals surface area (Å²) in [6.45, 7) is 3.99.